The molecule has 3 nitrogen and oxygen atoms in total. The van der Waals surface area contributed by atoms with Gasteiger partial charge in [0.05, 0.1) is 5.25 Å². The number of benzene rings is 2. The Morgan fingerprint density at radius 1 is 1.13 bits per heavy atom. The number of hydrogen-bond donors (Lipinski definition) is 0. The molecule has 6 heteroatoms. The highest BCUT2D eigenvalue weighted by Gasteiger charge is 2.43. The maximum atomic E-state index is 11.8. The van der Waals surface area contributed by atoms with Gasteiger partial charge in [-0.15, -0.1) is 11.8 Å². The van der Waals surface area contributed by atoms with Gasteiger partial charge in [-0.3, -0.25) is 0 Å². The van der Waals surface area contributed by atoms with E-state index < -0.39 is 0 Å². The molecule has 0 amide bonds. The zero-order chi connectivity index (χ0) is 22.1. The molecule has 30 heavy (non-hydrogen) atoms. The number of carbonyl (C=O) groups is 1. The molecule has 2 unspecified atom stereocenters. The fraction of sp³-hybridized carbons (Fsp3) is 0.458. The second-order valence-corrected chi connectivity index (χ2v) is 12.9. The quantitative estimate of drug-likeness (QED) is 0.240. The Kier molecular flexibility index (Phi) is 7.50. The van der Waals surface area contributed by atoms with Crippen molar-refractivity contribution in [2.24, 2.45) is 5.41 Å². The van der Waals surface area contributed by atoms with Gasteiger partial charge in [-0.05, 0) is 47.9 Å². The van der Waals surface area contributed by atoms with Gasteiger partial charge in [0.2, 0.25) is 0 Å². The summed E-state index contributed by atoms with van der Waals surface area (Å²) in [6.45, 7) is 11.7. The van der Waals surface area contributed by atoms with Crippen molar-refractivity contribution in [1.29, 1.82) is 0 Å². The van der Waals surface area contributed by atoms with E-state index in [1.165, 1.54) is 16.8 Å². The van der Waals surface area contributed by atoms with E-state index in [-0.39, 0.29) is 21.5 Å². The van der Waals surface area contributed by atoms with Gasteiger partial charge in [-0.1, -0.05) is 62.7 Å². The van der Waals surface area contributed by atoms with Crippen molar-refractivity contribution < 1.29 is 7.86 Å². The molecule has 2 aromatic rings. The number of halogens is 2. The first-order chi connectivity index (χ1) is 14.0. The van der Waals surface area contributed by atoms with Crippen molar-refractivity contribution in [2.75, 3.05) is 4.90 Å². The number of aldehydes is 1. The van der Waals surface area contributed by atoms with Crippen LogP contribution < -0.4 is 7.97 Å². The predicted molar refractivity (Wildman–Crippen MR) is 140 cm³/mol. The first-order valence-electron chi connectivity index (χ1n) is 10.1. The minimum atomic E-state index is -0.385. The molecular weight excluding hydrogens is 573 g/mol. The van der Waals surface area contributed by atoms with Crippen LogP contribution in [0.4, 0.5) is 5.69 Å². The number of hydrogen-bond acceptors (Lipinski definition) is 4. The van der Waals surface area contributed by atoms with Gasteiger partial charge in [0.25, 0.3) is 0 Å². The topological polar surface area (TPSA) is 29.5 Å². The van der Waals surface area contributed by atoms with Gasteiger partial charge >= 0.3 is 0 Å². The Balaban J connectivity index is 2.08. The number of thioether (sulfide) groups is 1. The molecule has 0 aromatic heterocycles. The van der Waals surface area contributed by atoms with Gasteiger partial charge < -0.3 is 12.8 Å². The average molecular weight is 602 g/mol. The van der Waals surface area contributed by atoms with E-state index in [0.717, 1.165) is 29.5 Å². The second kappa shape index (κ2) is 9.41. The zero-order valence-corrected chi connectivity index (χ0v) is 22.7. The molecule has 1 heterocycles. The van der Waals surface area contributed by atoms with Crippen molar-refractivity contribution in [1.82, 2.24) is 0 Å². The van der Waals surface area contributed by atoms with Crippen LogP contribution in [0.2, 0.25) is 0 Å². The molecule has 162 valence electrons. The SMILES string of the molecule is CC(C)(C=O)CC1C(SC(C)(C)C)c2cc(OI)ccc2N1Cc1ccc(Br)cc1. The standard InChI is InChI=1S/C24H29BrINO2S/c1-23(2,3)30-22-19-12-18(29-26)10-11-20(19)27(21(22)13-24(4,5)15-28)14-16-6-8-17(25)9-7-16/h6-12,15,21-22H,13-14H2,1-5H3. The van der Waals surface area contributed by atoms with E-state index >= 15 is 0 Å². The van der Waals surface area contributed by atoms with E-state index in [0.29, 0.717) is 0 Å². The van der Waals surface area contributed by atoms with Crippen LogP contribution in [0, 0.1) is 5.41 Å². The maximum Gasteiger partial charge on any atom is 0.192 e. The summed E-state index contributed by atoms with van der Waals surface area (Å²) < 4.78 is 6.70. The van der Waals surface area contributed by atoms with Crippen molar-refractivity contribution in [3.05, 3.63) is 58.1 Å². The van der Waals surface area contributed by atoms with E-state index in [9.17, 15) is 4.79 Å². The Hall–Kier alpha value is -0.730. The van der Waals surface area contributed by atoms with Gasteiger partial charge in [0.1, 0.15) is 12.0 Å². The molecule has 0 saturated heterocycles. The molecule has 0 aliphatic carbocycles. The Morgan fingerprint density at radius 3 is 2.37 bits per heavy atom. The largest absolute Gasteiger partial charge is 0.428 e. The zero-order valence-electron chi connectivity index (χ0n) is 18.1. The van der Waals surface area contributed by atoms with Crippen LogP contribution >= 0.6 is 50.7 Å². The molecule has 3 rings (SSSR count). The van der Waals surface area contributed by atoms with Crippen molar-refractivity contribution >= 4 is 62.7 Å². The molecule has 0 spiro atoms. The van der Waals surface area contributed by atoms with Crippen molar-refractivity contribution in [2.45, 2.75) is 63.6 Å². The minimum Gasteiger partial charge on any atom is -0.428 e. The van der Waals surface area contributed by atoms with Crippen LogP contribution in [0.25, 0.3) is 0 Å². The molecule has 0 N–H and O–H groups in total. The molecule has 2 aromatic carbocycles. The highest BCUT2D eigenvalue weighted by Crippen LogP contribution is 2.54. The Bertz CT molecular complexity index is 895. The van der Waals surface area contributed by atoms with Gasteiger partial charge in [-0.25, -0.2) is 0 Å². The van der Waals surface area contributed by atoms with Crippen molar-refractivity contribution in [3.8, 4) is 5.75 Å². The minimum absolute atomic E-state index is 0.0975. The fourth-order valence-electron chi connectivity index (χ4n) is 3.94. The molecule has 1 aliphatic rings. The number of anilines is 1. The normalized spacial score (nSPS) is 19.0. The third-order valence-corrected chi connectivity index (χ3v) is 7.82. The third kappa shape index (κ3) is 5.74. The van der Waals surface area contributed by atoms with Crippen LogP contribution in [-0.2, 0) is 11.3 Å². The molecule has 0 bridgehead atoms. The van der Waals surface area contributed by atoms with Gasteiger partial charge in [0.15, 0.2) is 23.0 Å². The molecule has 0 saturated carbocycles. The summed E-state index contributed by atoms with van der Waals surface area (Å²) in [6, 6.07) is 15.1. The summed E-state index contributed by atoms with van der Waals surface area (Å²) in [7, 11) is 0. The summed E-state index contributed by atoms with van der Waals surface area (Å²) in [5, 5.41) is 0.265. The highest BCUT2D eigenvalue weighted by atomic mass is 127. The average Bonchev–Trinajstić information content (AvgIpc) is 2.94. The molecule has 2 atom stereocenters. The molecule has 0 radical (unpaired) electrons. The fourth-order valence-corrected chi connectivity index (χ4v) is 5.95. The molecule has 1 aliphatic heterocycles. The maximum absolute atomic E-state index is 11.8. The van der Waals surface area contributed by atoms with E-state index in [4.69, 9.17) is 3.07 Å². The first kappa shape index (κ1) is 23.9. The summed E-state index contributed by atoms with van der Waals surface area (Å²) in [5.74, 6) is 0.868. The number of nitrogens with zero attached hydrogens (tertiary/aromatic N) is 1. The van der Waals surface area contributed by atoms with E-state index in [2.05, 4.69) is 78.0 Å². The van der Waals surface area contributed by atoms with Crippen LogP contribution in [0.1, 0.15) is 57.4 Å². The monoisotopic (exact) mass is 601 g/mol. The lowest BCUT2D eigenvalue weighted by molar-refractivity contribution is -0.115. The highest BCUT2D eigenvalue weighted by molar-refractivity contribution is 14.1. The van der Waals surface area contributed by atoms with Crippen LogP contribution in [-0.4, -0.2) is 17.1 Å². The summed E-state index contributed by atoms with van der Waals surface area (Å²) in [6.07, 6.45) is 1.90. The Labute approximate surface area is 207 Å². The lowest BCUT2D eigenvalue weighted by Crippen LogP contribution is -2.38. The van der Waals surface area contributed by atoms with Crippen molar-refractivity contribution in [3.63, 3.8) is 0 Å². The number of fused-ring (bicyclic) bond motifs is 1. The molecule has 0 fully saturated rings. The molecular formula is C24H29BrINO2S. The Morgan fingerprint density at radius 2 is 1.80 bits per heavy atom. The van der Waals surface area contributed by atoms with Gasteiger partial charge in [-0.2, -0.15) is 0 Å². The number of carbonyl (C=O) groups excluding carboxylic acids is 1. The van der Waals surface area contributed by atoms with E-state index in [1.807, 2.05) is 54.7 Å². The van der Waals surface area contributed by atoms with Crippen LogP contribution in [0.3, 0.4) is 0 Å². The van der Waals surface area contributed by atoms with E-state index in [1.54, 1.807) is 0 Å². The van der Waals surface area contributed by atoms with Gasteiger partial charge in [0, 0.05) is 32.9 Å². The summed E-state index contributed by atoms with van der Waals surface area (Å²) in [4.78, 5) is 14.3. The lowest BCUT2D eigenvalue weighted by atomic mass is 9.86. The first-order valence-corrected chi connectivity index (χ1v) is 12.7. The summed E-state index contributed by atoms with van der Waals surface area (Å²) in [5.41, 5.74) is 3.41. The predicted octanol–water partition coefficient (Wildman–Crippen LogP) is 7.75. The number of rotatable bonds is 7. The van der Waals surface area contributed by atoms with Crippen LogP contribution in [0.15, 0.2) is 46.9 Å². The van der Waals surface area contributed by atoms with Crippen LogP contribution in [0.5, 0.6) is 5.75 Å². The second-order valence-electron chi connectivity index (χ2n) is 9.58. The smallest absolute Gasteiger partial charge is 0.192 e. The summed E-state index contributed by atoms with van der Waals surface area (Å²) >= 11 is 7.46. The third-order valence-electron chi connectivity index (χ3n) is 5.25. The lowest BCUT2D eigenvalue weighted by Gasteiger charge is -2.36.